The number of rotatable bonds is 4. The largest absolute Gasteiger partial charge is 0.398 e. The first-order chi connectivity index (χ1) is 9.58. The Kier molecular flexibility index (Phi) is 5.78. The Bertz CT molecular complexity index is 475. The minimum atomic E-state index is 0.198. The summed E-state index contributed by atoms with van der Waals surface area (Å²) in [6.45, 7) is 0. The molecule has 0 unspecified atom stereocenters. The van der Waals surface area contributed by atoms with Gasteiger partial charge in [0.05, 0.1) is 5.75 Å². The van der Waals surface area contributed by atoms with Crippen molar-refractivity contribution < 1.29 is 4.79 Å². The summed E-state index contributed by atoms with van der Waals surface area (Å²) in [5.74, 6) is 0.656. The van der Waals surface area contributed by atoms with Gasteiger partial charge in [0.25, 0.3) is 0 Å². The van der Waals surface area contributed by atoms with E-state index in [0.29, 0.717) is 11.8 Å². The maximum atomic E-state index is 12.2. The number of thioether (sulfide) groups is 1. The molecule has 1 saturated carbocycles. The second-order valence-corrected chi connectivity index (χ2v) is 7.20. The van der Waals surface area contributed by atoms with Gasteiger partial charge < -0.3 is 10.6 Å². The van der Waals surface area contributed by atoms with Gasteiger partial charge in [-0.3, -0.25) is 4.79 Å². The summed E-state index contributed by atoms with van der Waals surface area (Å²) in [6.07, 6.45) is 6.09. The summed E-state index contributed by atoms with van der Waals surface area (Å²) in [5, 5.41) is 0. The number of halogens is 1. The summed E-state index contributed by atoms with van der Waals surface area (Å²) in [6, 6.07) is 6.21. The van der Waals surface area contributed by atoms with Crippen LogP contribution in [0.25, 0.3) is 0 Å². The molecule has 1 fully saturated rings. The third-order valence-corrected chi connectivity index (χ3v) is 5.41. The molecule has 0 aromatic heterocycles. The van der Waals surface area contributed by atoms with Gasteiger partial charge in [-0.05, 0) is 31.0 Å². The fourth-order valence-corrected chi connectivity index (χ4v) is 3.82. The van der Waals surface area contributed by atoms with Crippen LogP contribution in [0.15, 0.2) is 27.6 Å². The molecule has 1 aliphatic carbocycles. The second kappa shape index (κ2) is 7.36. The third kappa shape index (κ3) is 4.16. The number of nitrogens with two attached hydrogens (primary N) is 1. The second-order valence-electron chi connectivity index (χ2n) is 5.27. The number of hydrogen-bond donors (Lipinski definition) is 1. The van der Waals surface area contributed by atoms with Crippen molar-refractivity contribution in [2.24, 2.45) is 0 Å². The van der Waals surface area contributed by atoms with Crippen molar-refractivity contribution in [3.8, 4) is 0 Å². The van der Waals surface area contributed by atoms with E-state index in [1.807, 2.05) is 30.1 Å². The lowest BCUT2D eigenvalue weighted by Crippen LogP contribution is -2.39. The molecular weight excluding hydrogens is 336 g/mol. The topological polar surface area (TPSA) is 46.3 Å². The first-order valence-corrected chi connectivity index (χ1v) is 8.79. The Morgan fingerprint density at radius 1 is 1.40 bits per heavy atom. The highest BCUT2D eigenvalue weighted by Crippen LogP contribution is 2.28. The Balaban J connectivity index is 1.87. The van der Waals surface area contributed by atoms with Gasteiger partial charge in [0.15, 0.2) is 0 Å². The summed E-state index contributed by atoms with van der Waals surface area (Å²) < 4.78 is 0.963. The molecular formula is C15H21BrN2OS. The molecule has 1 aliphatic rings. The van der Waals surface area contributed by atoms with Gasteiger partial charge in [-0.25, -0.2) is 0 Å². The molecule has 0 atom stereocenters. The van der Waals surface area contributed by atoms with Gasteiger partial charge in [0, 0.05) is 28.1 Å². The van der Waals surface area contributed by atoms with Crippen molar-refractivity contribution in [2.75, 3.05) is 18.5 Å². The van der Waals surface area contributed by atoms with Crippen molar-refractivity contribution >= 4 is 39.3 Å². The van der Waals surface area contributed by atoms with Gasteiger partial charge in [-0.2, -0.15) is 0 Å². The molecule has 0 spiro atoms. The lowest BCUT2D eigenvalue weighted by atomic mass is 9.94. The fraction of sp³-hybridized carbons (Fsp3) is 0.533. The molecule has 1 aromatic rings. The third-order valence-electron chi connectivity index (χ3n) is 3.84. The van der Waals surface area contributed by atoms with Gasteiger partial charge in [0.1, 0.15) is 0 Å². The van der Waals surface area contributed by atoms with Crippen LogP contribution in [0.5, 0.6) is 0 Å². The van der Waals surface area contributed by atoms with Crippen LogP contribution in [0, 0.1) is 0 Å². The number of nitrogen functional groups attached to an aromatic ring is 1. The van der Waals surface area contributed by atoms with E-state index in [-0.39, 0.29) is 5.91 Å². The maximum Gasteiger partial charge on any atom is 0.232 e. The van der Waals surface area contributed by atoms with Crippen LogP contribution in [0.2, 0.25) is 0 Å². The van der Waals surface area contributed by atoms with Crippen molar-refractivity contribution in [3.05, 3.63) is 22.7 Å². The predicted molar refractivity (Wildman–Crippen MR) is 88.9 cm³/mol. The van der Waals surface area contributed by atoms with E-state index in [2.05, 4.69) is 15.9 Å². The molecule has 0 aliphatic heterocycles. The van der Waals surface area contributed by atoms with Crippen LogP contribution in [-0.4, -0.2) is 29.6 Å². The number of carbonyl (C=O) groups excluding carboxylic acids is 1. The van der Waals surface area contributed by atoms with E-state index in [4.69, 9.17) is 5.73 Å². The van der Waals surface area contributed by atoms with E-state index >= 15 is 0 Å². The Morgan fingerprint density at radius 3 is 2.75 bits per heavy atom. The lowest BCUT2D eigenvalue weighted by molar-refractivity contribution is -0.129. The zero-order valence-corrected chi connectivity index (χ0v) is 14.2. The molecule has 0 heterocycles. The van der Waals surface area contributed by atoms with Crippen LogP contribution in [0.3, 0.4) is 0 Å². The number of benzene rings is 1. The van der Waals surface area contributed by atoms with Gasteiger partial charge in [-0.1, -0.05) is 35.2 Å². The van der Waals surface area contributed by atoms with Crippen LogP contribution in [-0.2, 0) is 4.79 Å². The zero-order chi connectivity index (χ0) is 14.5. The summed E-state index contributed by atoms with van der Waals surface area (Å²) in [7, 11) is 1.93. The minimum Gasteiger partial charge on any atom is -0.398 e. The maximum absolute atomic E-state index is 12.2. The van der Waals surface area contributed by atoms with Crippen molar-refractivity contribution in [1.82, 2.24) is 4.90 Å². The number of hydrogen-bond acceptors (Lipinski definition) is 3. The Hall–Kier alpha value is -0.680. The molecule has 0 saturated heterocycles. The van der Waals surface area contributed by atoms with Gasteiger partial charge >= 0.3 is 0 Å². The molecule has 0 bridgehead atoms. The molecule has 0 radical (unpaired) electrons. The summed E-state index contributed by atoms with van der Waals surface area (Å²) in [5.41, 5.74) is 6.67. The van der Waals surface area contributed by atoms with Crippen molar-refractivity contribution in [2.45, 2.75) is 43.0 Å². The highest BCUT2D eigenvalue weighted by molar-refractivity contribution is 9.10. The van der Waals surface area contributed by atoms with Crippen LogP contribution >= 0.6 is 27.7 Å². The summed E-state index contributed by atoms with van der Waals surface area (Å²) in [4.78, 5) is 15.2. The van der Waals surface area contributed by atoms with Crippen LogP contribution < -0.4 is 5.73 Å². The Labute approximate surface area is 133 Å². The molecule has 2 N–H and O–H groups in total. The number of carbonyl (C=O) groups is 1. The monoisotopic (exact) mass is 356 g/mol. The van der Waals surface area contributed by atoms with E-state index in [9.17, 15) is 4.79 Å². The van der Waals surface area contributed by atoms with Crippen LogP contribution in [0.4, 0.5) is 5.69 Å². The van der Waals surface area contributed by atoms with E-state index in [1.165, 1.54) is 31.0 Å². The molecule has 1 aromatic carbocycles. The molecule has 3 nitrogen and oxygen atoms in total. The number of anilines is 1. The average molecular weight is 357 g/mol. The molecule has 2 rings (SSSR count). The van der Waals surface area contributed by atoms with E-state index in [1.54, 1.807) is 0 Å². The quantitative estimate of drug-likeness (QED) is 0.656. The standard InChI is InChI=1S/C15H21BrN2OS/c1-18(12-5-3-2-4-6-12)15(19)10-20-14-8-7-11(16)9-13(14)17/h7-9,12H,2-6,10,17H2,1H3. The fourth-order valence-electron chi connectivity index (χ4n) is 2.56. The lowest BCUT2D eigenvalue weighted by Gasteiger charge is -2.31. The van der Waals surface area contributed by atoms with E-state index in [0.717, 1.165) is 27.9 Å². The first-order valence-electron chi connectivity index (χ1n) is 7.01. The van der Waals surface area contributed by atoms with Crippen LogP contribution in [0.1, 0.15) is 32.1 Å². The molecule has 5 heteroatoms. The predicted octanol–water partition coefficient (Wildman–Crippen LogP) is 3.91. The van der Waals surface area contributed by atoms with Gasteiger partial charge in [0.2, 0.25) is 5.91 Å². The summed E-state index contributed by atoms with van der Waals surface area (Å²) >= 11 is 4.91. The van der Waals surface area contributed by atoms with Gasteiger partial charge in [-0.15, -0.1) is 11.8 Å². The SMILES string of the molecule is CN(C(=O)CSc1ccc(Br)cc1N)C1CCCCC1. The average Bonchev–Trinajstić information content (AvgIpc) is 2.46. The highest BCUT2D eigenvalue weighted by atomic mass is 79.9. The Morgan fingerprint density at radius 2 is 2.10 bits per heavy atom. The number of nitrogens with zero attached hydrogens (tertiary/aromatic N) is 1. The highest BCUT2D eigenvalue weighted by Gasteiger charge is 2.21. The normalized spacial score (nSPS) is 16.1. The zero-order valence-electron chi connectivity index (χ0n) is 11.8. The molecule has 110 valence electrons. The smallest absolute Gasteiger partial charge is 0.232 e. The minimum absolute atomic E-state index is 0.198. The van der Waals surface area contributed by atoms with Crippen molar-refractivity contribution in [3.63, 3.8) is 0 Å². The molecule has 20 heavy (non-hydrogen) atoms. The first kappa shape index (κ1) is 15.7. The van der Waals surface area contributed by atoms with Crippen molar-refractivity contribution in [1.29, 1.82) is 0 Å². The molecule has 1 amide bonds. The van der Waals surface area contributed by atoms with E-state index < -0.39 is 0 Å². The number of amides is 1.